The van der Waals surface area contributed by atoms with Crippen LogP contribution in [0.4, 0.5) is 5.69 Å². The van der Waals surface area contributed by atoms with Crippen LogP contribution in [0, 0.1) is 20.8 Å². The first-order valence-electron chi connectivity index (χ1n) is 9.49. The van der Waals surface area contributed by atoms with E-state index in [9.17, 15) is 13.2 Å². The zero-order valence-electron chi connectivity index (χ0n) is 17.3. The second kappa shape index (κ2) is 9.24. The molecule has 0 spiro atoms. The zero-order chi connectivity index (χ0) is 20.9. The van der Waals surface area contributed by atoms with Crippen LogP contribution in [0.3, 0.4) is 0 Å². The Bertz CT molecular complexity index is 939. The quantitative estimate of drug-likeness (QED) is 0.725. The van der Waals surface area contributed by atoms with Crippen molar-refractivity contribution in [2.75, 3.05) is 17.1 Å². The summed E-state index contributed by atoms with van der Waals surface area (Å²) in [5, 5.41) is 3.01. The summed E-state index contributed by atoms with van der Waals surface area (Å²) in [6, 6.07) is 13.5. The highest BCUT2D eigenvalue weighted by molar-refractivity contribution is 7.92. The molecule has 28 heavy (non-hydrogen) atoms. The van der Waals surface area contributed by atoms with Crippen molar-refractivity contribution in [1.29, 1.82) is 0 Å². The first kappa shape index (κ1) is 22.0. The van der Waals surface area contributed by atoms with Crippen LogP contribution < -0.4 is 9.62 Å². The van der Waals surface area contributed by atoms with Crippen LogP contribution in [-0.4, -0.2) is 27.1 Å². The van der Waals surface area contributed by atoms with Crippen molar-refractivity contribution in [3.05, 3.63) is 64.7 Å². The van der Waals surface area contributed by atoms with Crippen LogP contribution in [0.2, 0.25) is 0 Å². The molecule has 1 N–H and O–H groups in total. The van der Waals surface area contributed by atoms with Gasteiger partial charge in [0, 0.05) is 13.0 Å². The number of anilines is 1. The molecule has 0 saturated carbocycles. The minimum atomic E-state index is -3.41. The Morgan fingerprint density at radius 2 is 1.75 bits per heavy atom. The number of amides is 1. The Kier molecular flexibility index (Phi) is 7.24. The third-order valence-electron chi connectivity index (χ3n) is 4.82. The number of benzene rings is 2. The van der Waals surface area contributed by atoms with Crippen molar-refractivity contribution >= 4 is 21.6 Å². The van der Waals surface area contributed by atoms with Gasteiger partial charge in [-0.2, -0.15) is 0 Å². The lowest BCUT2D eigenvalue weighted by Crippen LogP contribution is -2.33. The van der Waals surface area contributed by atoms with Crippen LogP contribution in [0.25, 0.3) is 0 Å². The maximum atomic E-state index is 12.4. The van der Waals surface area contributed by atoms with E-state index in [0.717, 1.165) is 16.7 Å². The lowest BCUT2D eigenvalue weighted by atomic mass is 10.00. The molecule has 0 aromatic heterocycles. The summed E-state index contributed by atoms with van der Waals surface area (Å²) < 4.78 is 25.8. The lowest BCUT2D eigenvalue weighted by molar-refractivity contribution is -0.121. The van der Waals surface area contributed by atoms with Crippen LogP contribution in [0.1, 0.15) is 48.1 Å². The summed E-state index contributed by atoms with van der Waals surface area (Å²) >= 11 is 0. The Morgan fingerprint density at radius 1 is 1.07 bits per heavy atom. The summed E-state index contributed by atoms with van der Waals surface area (Å²) in [5.41, 5.74) is 4.99. The minimum absolute atomic E-state index is 0.0780. The smallest absolute Gasteiger partial charge is 0.232 e. The monoisotopic (exact) mass is 402 g/mol. The topological polar surface area (TPSA) is 66.5 Å². The molecule has 6 heteroatoms. The van der Waals surface area contributed by atoms with Crippen LogP contribution in [-0.2, 0) is 14.8 Å². The second-order valence-electron chi connectivity index (χ2n) is 7.37. The molecule has 0 radical (unpaired) electrons. The molecule has 0 heterocycles. The van der Waals surface area contributed by atoms with Gasteiger partial charge in [0.2, 0.25) is 15.9 Å². The molecule has 152 valence electrons. The van der Waals surface area contributed by atoms with E-state index in [4.69, 9.17) is 0 Å². The molecular formula is C22H30N2O3S. The molecule has 0 unspecified atom stereocenters. The van der Waals surface area contributed by atoms with Crippen molar-refractivity contribution < 1.29 is 13.2 Å². The standard InChI is InChI=1S/C22H30N2O3S/c1-16-12-13-20(18(3)15-16)19(4)23-22(25)11-8-14-24(28(5,26)27)21-10-7-6-9-17(21)2/h6-7,9-10,12-13,15,19H,8,11,14H2,1-5H3,(H,23,25)/t19-/m1/s1. The van der Waals surface area contributed by atoms with Crippen molar-refractivity contribution in [2.24, 2.45) is 0 Å². The summed E-state index contributed by atoms with van der Waals surface area (Å²) in [6.07, 6.45) is 1.92. The molecule has 5 nitrogen and oxygen atoms in total. The van der Waals surface area contributed by atoms with Crippen LogP contribution in [0.15, 0.2) is 42.5 Å². The third kappa shape index (κ3) is 5.83. The summed E-state index contributed by atoms with van der Waals surface area (Å²) in [7, 11) is -3.41. The normalized spacial score (nSPS) is 12.5. The van der Waals surface area contributed by atoms with Crippen LogP contribution in [0.5, 0.6) is 0 Å². The lowest BCUT2D eigenvalue weighted by Gasteiger charge is -2.24. The molecule has 2 rings (SSSR count). The molecule has 0 bridgehead atoms. The number of sulfonamides is 1. The SMILES string of the molecule is Cc1ccc([C@@H](C)NC(=O)CCCN(c2ccccc2C)S(C)(=O)=O)c(C)c1. The number of hydrogen-bond acceptors (Lipinski definition) is 3. The summed E-state index contributed by atoms with van der Waals surface area (Å²) in [6.45, 7) is 8.20. The van der Waals surface area contributed by atoms with Gasteiger partial charge in [0.05, 0.1) is 18.0 Å². The molecule has 0 aliphatic carbocycles. The molecule has 2 aromatic carbocycles. The summed E-state index contributed by atoms with van der Waals surface area (Å²) in [4.78, 5) is 12.4. The van der Waals surface area contributed by atoms with Gasteiger partial charge in [0.15, 0.2) is 0 Å². The average molecular weight is 403 g/mol. The van der Waals surface area contributed by atoms with Gasteiger partial charge in [-0.3, -0.25) is 9.10 Å². The molecule has 0 fully saturated rings. The highest BCUT2D eigenvalue weighted by atomic mass is 32.2. The zero-order valence-corrected chi connectivity index (χ0v) is 18.1. The van der Waals surface area contributed by atoms with E-state index in [1.807, 2.05) is 58.0 Å². The van der Waals surface area contributed by atoms with Gasteiger partial charge in [0.25, 0.3) is 0 Å². The van der Waals surface area contributed by atoms with E-state index in [0.29, 0.717) is 12.1 Å². The fraction of sp³-hybridized carbons (Fsp3) is 0.409. The average Bonchev–Trinajstić information content (AvgIpc) is 2.58. The molecule has 0 saturated heterocycles. The van der Waals surface area contributed by atoms with E-state index in [1.54, 1.807) is 6.07 Å². The molecule has 1 atom stereocenters. The van der Waals surface area contributed by atoms with Crippen LogP contribution >= 0.6 is 0 Å². The number of hydrogen-bond donors (Lipinski definition) is 1. The highest BCUT2D eigenvalue weighted by Gasteiger charge is 2.19. The maximum Gasteiger partial charge on any atom is 0.232 e. The number of aryl methyl sites for hydroxylation is 3. The van der Waals surface area contributed by atoms with Crippen molar-refractivity contribution in [2.45, 2.75) is 46.6 Å². The third-order valence-corrected chi connectivity index (χ3v) is 6.00. The Hall–Kier alpha value is -2.34. The largest absolute Gasteiger partial charge is 0.350 e. The van der Waals surface area contributed by atoms with Gasteiger partial charge < -0.3 is 5.32 Å². The van der Waals surface area contributed by atoms with Gasteiger partial charge in [0.1, 0.15) is 0 Å². The van der Waals surface area contributed by atoms with E-state index in [1.165, 1.54) is 16.1 Å². The van der Waals surface area contributed by atoms with E-state index in [2.05, 4.69) is 11.4 Å². The fourth-order valence-electron chi connectivity index (χ4n) is 3.39. The van der Waals surface area contributed by atoms with E-state index in [-0.39, 0.29) is 24.9 Å². The molecule has 0 aliphatic rings. The molecule has 1 amide bonds. The first-order chi connectivity index (χ1) is 13.1. The maximum absolute atomic E-state index is 12.4. The number of nitrogens with zero attached hydrogens (tertiary/aromatic N) is 1. The minimum Gasteiger partial charge on any atom is -0.350 e. The number of rotatable bonds is 8. The predicted octanol–water partition coefficient (Wildman–Crippen LogP) is 4.04. The Balaban J connectivity index is 1.97. The number of carbonyl (C=O) groups is 1. The first-order valence-corrected chi connectivity index (χ1v) is 11.3. The molecular weight excluding hydrogens is 372 g/mol. The number of carbonyl (C=O) groups excluding carboxylic acids is 1. The fourth-order valence-corrected chi connectivity index (χ4v) is 4.42. The molecule has 2 aromatic rings. The summed E-state index contributed by atoms with van der Waals surface area (Å²) in [5.74, 6) is -0.0780. The van der Waals surface area contributed by atoms with E-state index < -0.39 is 10.0 Å². The Morgan fingerprint density at radius 3 is 2.36 bits per heavy atom. The van der Waals surface area contributed by atoms with Gasteiger partial charge in [-0.1, -0.05) is 42.0 Å². The van der Waals surface area contributed by atoms with Crippen molar-refractivity contribution in [3.63, 3.8) is 0 Å². The number of nitrogens with one attached hydrogen (secondary N) is 1. The van der Waals surface area contributed by atoms with Gasteiger partial charge in [-0.05, 0) is 56.9 Å². The van der Waals surface area contributed by atoms with Crippen molar-refractivity contribution in [3.8, 4) is 0 Å². The van der Waals surface area contributed by atoms with Crippen molar-refractivity contribution in [1.82, 2.24) is 5.32 Å². The Labute approximate surface area is 168 Å². The predicted molar refractivity (Wildman–Crippen MR) is 115 cm³/mol. The highest BCUT2D eigenvalue weighted by Crippen LogP contribution is 2.23. The van der Waals surface area contributed by atoms with Gasteiger partial charge >= 0.3 is 0 Å². The van der Waals surface area contributed by atoms with E-state index >= 15 is 0 Å². The second-order valence-corrected chi connectivity index (χ2v) is 9.28. The molecule has 0 aliphatic heterocycles. The number of para-hydroxylation sites is 1. The van der Waals surface area contributed by atoms with Gasteiger partial charge in [-0.15, -0.1) is 0 Å². The van der Waals surface area contributed by atoms with Gasteiger partial charge in [-0.25, -0.2) is 8.42 Å².